The van der Waals surface area contributed by atoms with E-state index in [2.05, 4.69) is 31.8 Å². The summed E-state index contributed by atoms with van der Waals surface area (Å²) >= 11 is 0. The van der Waals surface area contributed by atoms with Gasteiger partial charge >= 0.3 is 0 Å². The van der Waals surface area contributed by atoms with Crippen LogP contribution in [0.3, 0.4) is 0 Å². The lowest BCUT2D eigenvalue weighted by molar-refractivity contribution is 0.102. The van der Waals surface area contributed by atoms with Crippen molar-refractivity contribution in [3.8, 4) is 17.3 Å². The van der Waals surface area contributed by atoms with Crippen LogP contribution < -0.4 is 10.6 Å². The Kier molecular flexibility index (Phi) is 6.99. The van der Waals surface area contributed by atoms with Crippen LogP contribution in [0.5, 0.6) is 0 Å². The Bertz CT molecular complexity index is 1350. The van der Waals surface area contributed by atoms with Gasteiger partial charge in [0.25, 0.3) is 5.91 Å². The van der Waals surface area contributed by atoms with E-state index in [1.165, 1.54) is 12.8 Å². The number of hydrogen-bond acceptors (Lipinski definition) is 6. The van der Waals surface area contributed by atoms with Crippen LogP contribution in [-0.4, -0.2) is 25.7 Å². The van der Waals surface area contributed by atoms with Gasteiger partial charge in [-0.05, 0) is 61.2 Å². The number of carbonyl (C=O) groups excluding carboxylic acids is 1. The van der Waals surface area contributed by atoms with Gasteiger partial charge in [0.2, 0.25) is 5.95 Å². The number of nitrogens with one attached hydrogen (secondary N) is 2. The molecule has 2 heterocycles. The van der Waals surface area contributed by atoms with Gasteiger partial charge in [-0.3, -0.25) is 9.48 Å². The molecule has 0 radical (unpaired) electrons. The smallest absolute Gasteiger partial charge is 0.255 e. The molecule has 0 aliphatic heterocycles. The molecular formula is C28H27N7O. The molecule has 1 unspecified atom stereocenters. The number of nitrogens with zero attached hydrogens (tertiary/aromatic N) is 5. The minimum Gasteiger partial charge on any atom is -0.324 e. The van der Waals surface area contributed by atoms with E-state index in [0.717, 1.165) is 29.8 Å². The summed E-state index contributed by atoms with van der Waals surface area (Å²) in [6, 6.07) is 20.8. The van der Waals surface area contributed by atoms with Crippen molar-refractivity contribution < 1.29 is 4.79 Å². The summed E-state index contributed by atoms with van der Waals surface area (Å²) in [5.41, 5.74) is 3.75. The summed E-state index contributed by atoms with van der Waals surface area (Å²) in [6.07, 6.45) is 10.7. The predicted octanol–water partition coefficient (Wildman–Crippen LogP) is 5.98. The lowest BCUT2D eigenvalue weighted by atomic mass is 9.96. The second-order valence-corrected chi connectivity index (χ2v) is 8.97. The number of benzene rings is 2. The SMILES string of the molecule is N#CCC(C1CCCC1)n1cc(-c2ccnc(Nc3ccc(NC(=O)c4ccccc4)cc3)n2)cn1. The largest absolute Gasteiger partial charge is 0.324 e. The highest BCUT2D eigenvalue weighted by atomic mass is 16.1. The molecule has 1 aliphatic carbocycles. The highest BCUT2D eigenvalue weighted by Gasteiger charge is 2.27. The van der Waals surface area contributed by atoms with Crippen molar-refractivity contribution in [2.75, 3.05) is 10.6 Å². The number of amides is 1. The van der Waals surface area contributed by atoms with Crippen molar-refractivity contribution in [2.45, 2.75) is 38.1 Å². The number of hydrogen-bond donors (Lipinski definition) is 2. The Balaban J connectivity index is 1.26. The van der Waals surface area contributed by atoms with Crippen LogP contribution in [-0.2, 0) is 0 Å². The van der Waals surface area contributed by atoms with E-state index >= 15 is 0 Å². The molecule has 1 amide bonds. The summed E-state index contributed by atoms with van der Waals surface area (Å²) in [6.45, 7) is 0. The van der Waals surface area contributed by atoms with Gasteiger partial charge in [-0.1, -0.05) is 31.0 Å². The maximum Gasteiger partial charge on any atom is 0.255 e. The van der Waals surface area contributed by atoms with Gasteiger partial charge < -0.3 is 10.6 Å². The van der Waals surface area contributed by atoms with Gasteiger partial charge in [0.1, 0.15) is 0 Å². The first-order valence-electron chi connectivity index (χ1n) is 12.2. The first-order chi connectivity index (χ1) is 17.7. The van der Waals surface area contributed by atoms with Crippen LogP contribution in [0.1, 0.15) is 48.5 Å². The van der Waals surface area contributed by atoms with Crippen molar-refractivity contribution >= 4 is 23.2 Å². The summed E-state index contributed by atoms with van der Waals surface area (Å²) in [7, 11) is 0. The summed E-state index contributed by atoms with van der Waals surface area (Å²) in [5.74, 6) is 0.809. The number of rotatable bonds is 8. The van der Waals surface area contributed by atoms with Gasteiger partial charge in [-0.15, -0.1) is 0 Å². The maximum atomic E-state index is 12.3. The zero-order valence-electron chi connectivity index (χ0n) is 19.8. The third-order valence-electron chi connectivity index (χ3n) is 6.57. The van der Waals surface area contributed by atoms with E-state index in [9.17, 15) is 10.1 Å². The Morgan fingerprint density at radius 1 is 1.06 bits per heavy atom. The predicted molar refractivity (Wildman–Crippen MR) is 139 cm³/mol. The number of anilines is 3. The molecule has 2 aromatic heterocycles. The molecular weight excluding hydrogens is 450 g/mol. The first-order valence-corrected chi connectivity index (χ1v) is 12.2. The maximum absolute atomic E-state index is 12.3. The van der Waals surface area contributed by atoms with Crippen molar-refractivity contribution in [1.82, 2.24) is 19.7 Å². The van der Waals surface area contributed by atoms with Gasteiger partial charge in [0.15, 0.2) is 0 Å². The van der Waals surface area contributed by atoms with Crippen LogP contribution in [0.15, 0.2) is 79.3 Å². The van der Waals surface area contributed by atoms with Crippen LogP contribution in [0.25, 0.3) is 11.3 Å². The van der Waals surface area contributed by atoms with Crippen molar-refractivity contribution in [1.29, 1.82) is 5.26 Å². The molecule has 0 saturated heterocycles. The van der Waals surface area contributed by atoms with Crippen LogP contribution >= 0.6 is 0 Å². The van der Waals surface area contributed by atoms with Gasteiger partial charge in [-0.25, -0.2) is 9.97 Å². The zero-order chi connectivity index (χ0) is 24.7. The van der Waals surface area contributed by atoms with Crippen LogP contribution in [0.2, 0.25) is 0 Å². The quantitative estimate of drug-likeness (QED) is 0.323. The van der Waals surface area contributed by atoms with Crippen molar-refractivity contribution in [3.63, 3.8) is 0 Å². The van der Waals surface area contributed by atoms with E-state index in [1.807, 2.05) is 59.4 Å². The standard InChI is InChI=1S/C28H27N7O/c29-16-14-26(20-6-4-5-7-20)35-19-22(18-31-35)25-15-17-30-28(34-25)33-24-12-10-23(11-13-24)32-27(36)21-8-2-1-3-9-21/h1-3,8-13,15,17-20,26H,4-7,14H2,(H,32,36)(H,30,33,34). The van der Waals surface area contributed by atoms with Crippen LogP contribution in [0.4, 0.5) is 17.3 Å². The molecule has 2 N–H and O–H groups in total. The fraction of sp³-hybridized carbons (Fsp3) is 0.250. The molecule has 1 aliphatic rings. The average molecular weight is 478 g/mol. The third-order valence-corrected chi connectivity index (χ3v) is 6.57. The number of carbonyl (C=O) groups is 1. The molecule has 0 bridgehead atoms. The van der Waals surface area contributed by atoms with E-state index in [-0.39, 0.29) is 11.9 Å². The van der Waals surface area contributed by atoms with Crippen molar-refractivity contribution in [3.05, 3.63) is 84.8 Å². The molecule has 1 atom stereocenters. The van der Waals surface area contributed by atoms with Crippen molar-refractivity contribution in [2.24, 2.45) is 5.92 Å². The minimum atomic E-state index is -0.155. The first kappa shape index (κ1) is 23.2. The van der Waals surface area contributed by atoms with E-state index in [1.54, 1.807) is 24.5 Å². The lowest BCUT2D eigenvalue weighted by Gasteiger charge is -2.21. The fourth-order valence-electron chi connectivity index (χ4n) is 4.70. The molecule has 1 fully saturated rings. The Morgan fingerprint density at radius 2 is 1.81 bits per heavy atom. The number of nitriles is 1. The Hall–Kier alpha value is -4.51. The molecule has 4 aromatic rings. The lowest BCUT2D eigenvalue weighted by Crippen LogP contribution is -2.17. The van der Waals surface area contributed by atoms with E-state index in [0.29, 0.717) is 29.5 Å². The van der Waals surface area contributed by atoms with Gasteiger partial charge in [0, 0.05) is 34.9 Å². The second kappa shape index (κ2) is 10.8. The van der Waals surface area contributed by atoms with Crippen LogP contribution in [0, 0.1) is 17.2 Å². The average Bonchev–Trinajstić information content (AvgIpc) is 3.62. The fourth-order valence-corrected chi connectivity index (χ4v) is 4.70. The monoisotopic (exact) mass is 477 g/mol. The minimum absolute atomic E-state index is 0.103. The third kappa shape index (κ3) is 5.41. The Labute approximate surface area is 210 Å². The molecule has 2 aromatic carbocycles. The summed E-state index contributed by atoms with van der Waals surface area (Å²) in [4.78, 5) is 21.3. The summed E-state index contributed by atoms with van der Waals surface area (Å²) in [5, 5.41) is 20.0. The molecule has 36 heavy (non-hydrogen) atoms. The van der Waals surface area contributed by atoms with Gasteiger partial charge in [-0.2, -0.15) is 10.4 Å². The highest BCUT2D eigenvalue weighted by molar-refractivity contribution is 6.04. The second-order valence-electron chi connectivity index (χ2n) is 8.97. The van der Waals surface area contributed by atoms with Gasteiger partial charge in [0.05, 0.1) is 30.4 Å². The zero-order valence-corrected chi connectivity index (χ0v) is 19.8. The van der Waals surface area contributed by atoms with E-state index < -0.39 is 0 Å². The topological polar surface area (TPSA) is 109 Å². The molecule has 8 nitrogen and oxygen atoms in total. The molecule has 8 heteroatoms. The molecule has 1 saturated carbocycles. The normalized spacial score (nSPS) is 14.2. The Morgan fingerprint density at radius 3 is 2.56 bits per heavy atom. The molecule has 0 spiro atoms. The highest BCUT2D eigenvalue weighted by Crippen LogP contribution is 2.36. The summed E-state index contributed by atoms with van der Waals surface area (Å²) < 4.78 is 1.94. The molecule has 5 rings (SSSR count). The van der Waals surface area contributed by atoms with E-state index in [4.69, 9.17) is 0 Å². The molecule has 180 valence electrons. The number of aromatic nitrogens is 4.